The van der Waals surface area contributed by atoms with E-state index >= 15 is 0 Å². The van der Waals surface area contributed by atoms with Crippen LogP contribution >= 0.6 is 7.60 Å². The Bertz CT molecular complexity index is 285. The molecule has 0 spiro atoms. The summed E-state index contributed by atoms with van der Waals surface area (Å²) in [6, 6.07) is -0.644. The molecule has 0 rings (SSSR count). The van der Waals surface area contributed by atoms with Gasteiger partial charge in [0.05, 0.1) is 6.04 Å². The van der Waals surface area contributed by atoms with Crippen molar-refractivity contribution in [2.24, 2.45) is 0 Å². The van der Waals surface area contributed by atoms with Gasteiger partial charge in [0.2, 0.25) is 5.91 Å². The highest BCUT2D eigenvalue weighted by Gasteiger charge is 2.18. The van der Waals surface area contributed by atoms with E-state index in [-0.39, 0.29) is 30.7 Å². The van der Waals surface area contributed by atoms with Crippen LogP contribution in [-0.2, 0) is 14.2 Å². The first kappa shape index (κ1) is 14.3. The SMILES string of the molecule is CC(=O)N[C@@H](CCCP(=O)(O)O)C(C)=O. The molecule has 0 radical (unpaired) electrons. The van der Waals surface area contributed by atoms with Crippen LogP contribution in [0.4, 0.5) is 0 Å². The van der Waals surface area contributed by atoms with Crippen LogP contribution in [0.5, 0.6) is 0 Å². The number of hydrogen-bond acceptors (Lipinski definition) is 3. The normalized spacial score (nSPS) is 13.3. The molecule has 1 atom stereocenters. The lowest BCUT2D eigenvalue weighted by atomic mass is 10.1. The number of carbonyl (C=O) groups is 2. The number of hydrogen-bond donors (Lipinski definition) is 3. The number of rotatable bonds is 6. The molecule has 3 N–H and O–H groups in total. The molecule has 0 heterocycles. The zero-order valence-electron chi connectivity index (χ0n) is 8.77. The van der Waals surface area contributed by atoms with Crippen LogP contribution in [0.2, 0.25) is 0 Å². The summed E-state index contributed by atoms with van der Waals surface area (Å²) in [5.74, 6) is -0.540. The predicted octanol–water partition coefficient (Wildman–Crippen LogP) is 0.0380. The lowest BCUT2D eigenvalue weighted by Crippen LogP contribution is -2.38. The smallest absolute Gasteiger partial charge is 0.325 e. The summed E-state index contributed by atoms with van der Waals surface area (Å²) < 4.78 is 10.5. The van der Waals surface area contributed by atoms with Gasteiger partial charge in [0.25, 0.3) is 0 Å². The molecule has 0 saturated carbocycles. The van der Waals surface area contributed by atoms with Crippen molar-refractivity contribution in [3.63, 3.8) is 0 Å². The van der Waals surface area contributed by atoms with Crippen molar-refractivity contribution in [1.29, 1.82) is 0 Å². The van der Waals surface area contributed by atoms with Crippen molar-refractivity contribution in [3.05, 3.63) is 0 Å². The summed E-state index contributed by atoms with van der Waals surface area (Å²) in [5, 5.41) is 2.42. The first-order valence-electron chi connectivity index (χ1n) is 4.54. The number of amides is 1. The van der Waals surface area contributed by atoms with Gasteiger partial charge in [-0.3, -0.25) is 14.2 Å². The highest BCUT2D eigenvalue weighted by molar-refractivity contribution is 7.51. The third-order valence-electron chi connectivity index (χ3n) is 1.81. The van der Waals surface area contributed by atoms with Gasteiger partial charge in [-0.2, -0.15) is 0 Å². The van der Waals surface area contributed by atoms with Crippen molar-refractivity contribution >= 4 is 19.3 Å². The average Bonchev–Trinajstić information content (AvgIpc) is 1.99. The Morgan fingerprint density at radius 2 is 1.87 bits per heavy atom. The highest BCUT2D eigenvalue weighted by atomic mass is 31.2. The molecule has 0 aliphatic heterocycles. The maximum Gasteiger partial charge on any atom is 0.325 e. The molecule has 7 heteroatoms. The molecule has 15 heavy (non-hydrogen) atoms. The minimum absolute atomic E-state index is 0.203. The summed E-state index contributed by atoms with van der Waals surface area (Å²) in [7, 11) is -4.01. The van der Waals surface area contributed by atoms with Crippen molar-refractivity contribution < 1.29 is 23.9 Å². The third kappa shape index (κ3) is 8.30. The molecule has 0 aromatic rings. The van der Waals surface area contributed by atoms with Crippen LogP contribution in [-0.4, -0.2) is 33.7 Å². The Labute approximate surface area is 88.2 Å². The van der Waals surface area contributed by atoms with Gasteiger partial charge in [0.1, 0.15) is 0 Å². The molecule has 0 aromatic heterocycles. The number of ketones is 1. The maximum atomic E-state index is 11.0. The Morgan fingerprint density at radius 1 is 1.33 bits per heavy atom. The van der Waals surface area contributed by atoms with Crippen LogP contribution in [0.25, 0.3) is 0 Å². The van der Waals surface area contributed by atoms with Crippen molar-refractivity contribution in [2.45, 2.75) is 32.7 Å². The number of nitrogens with one attached hydrogen (secondary N) is 1. The molecule has 0 unspecified atom stereocenters. The van der Waals surface area contributed by atoms with Crippen LogP contribution in [0.1, 0.15) is 26.7 Å². The fourth-order valence-corrected chi connectivity index (χ4v) is 1.72. The van der Waals surface area contributed by atoms with Gasteiger partial charge >= 0.3 is 7.60 Å². The van der Waals surface area contributed by atoms with E-state index in [0.29, 0.717) is 0 Å². The second-order valence-electron chi connectivity index (χ2n) is 3.39. The lowest BCUT2D eigenvalue weighted by molar-refractivity contribution is -0.125. The molecular weight excluding hydrogens is 221 g/mol. The molecule has 0 fully saturated rings. The Hall–Kier alpha value is -0.710. The minimum Gasteiger partial charge on any atom is -0.347 e. The molecule has 0 saturated heterocycles. The number of carbonyl (C=O) groups excluding carboxylic acids is 2. The molecule has 88 valence electrons. The van der Waals surface area contributed by atoms with E-state index < -0.39 is 13.6 Å². The van der Waals surface area contributed by atoms with Crippen LogP contribution in [0.3, 0.4) is 0 Å². The van der Waals surface area contributed by atoms with E-state index in [1.807, 2.05) is 0 Å². The zero-order chi connectivity index (χ0) is 12.1. The maximum absolute atomic E-state index is 11.0. The van der Waals surface area contributed by atoms with E-state index in [2.05, 4.69) is 5.32 Å². The zero-order valence-corrected chi connectivity index (χ0v) is 9.66. The molecule has 0 aliphatic carbocycles. The van der Waals surface area contributed by atoms with Gasteiger partial charge in [-0.25, -0.2) is 0 Å². The van der Waals surface area contributed by atoms with Crippen molar-refractivity contribution in [2.75, 3.05) is 6.16 Å². The fraction of sp³-hybridized carbons (Fsp3) is 0.750. The largest absolute Gasteiger partial charge is 0.347 e. The fourth-order valence-electron chi connectivity index (χ4n) is 1.12. The molecule has 0 aliphatic rings. The van der Waals surface area contributed by atoms with Crippen molar-refractivity contribution in [1.82, 2.24) is 5.32 Å². The second-order valence-corrected chi connectivity index (χ2v) is 5.17. The first-order chi connectivity index (χ1) is 6.72. The van der Waals surface area contributed by atoms with E-state index in [1.165, 1.54) is 13.8 Å². The van der Waals surface area contributed by atoms with E-state index in [1.54, 1.807) is 0 Å². The van der Waals surface area contributed by atoms with Gasteiger partial charge < -0.3 is 15.1 Å². The third-order valence-corrected chi connectivity index (χ3v) is 2.71. The van der Waals surface area contributed by atoms with Gasteiger partial charge in [-0.05, 0) is 19.8 Å². The summed E-state index contributed by atoms with van der Waals surface area (Å²) in [6.45, 7) is 2.62. The van der Waals surface area contributed by atoms with Crippen LogP contribution < -0.4 is 5.32 Å². The topological polar surface area (TPSA) is 104 Å². The summed E-state index contributed by atoms with van der Waals surface area (Å²) in [5.41, 5.74) is 0. The van der Waals surface area contributed by atoms with Gasteiger partial charge in [0, 0.05) is 13.1 Å². The second kappa shape index (κ2) is 6.00. The lowest BCUT2D eigenvalue weighted by Gasteiger charge is -2.14. The molecule has 0 aromatic carbocycles. The summed E-state index contributed by atoms with van der Waals surface area (Å²) in [6.07, 6.45) is 0.186. The van der Waals surface area contributed by atoms with Gasteiger partial charge in [-0.15, -0.1) is 0 Å². The summed E-state index contributed by atoms with van der Waals surface area (Å²) in [4.78, 5) is 38.9. The van der Waals surface area contributed by atoms with E-state index in [9.17, 15) is 14.2 Å². The standard InChI is InChI=1S/C8H16NO5P/c1-6(10)8(9-7(2)11)4-3-5-15(12,13)14/h8H,3-5H2,1-2H3,(H,9,11)(H2,12,13,14)/t8-/m0/s1. The van der Waals surface area contributed by atoms with E-state index in [0.717, 1.165) is 0 Å². The summed E-state index contributed by atoms with van der Waals surface area (Å²) >= 11 is 0. The van der Waals surface area contributed by atoms with Crippen molar-refractivity contribution in [3.8, 4) is 0 Å². The van der Waals surface area contributed by atoms with Gasteiger partial charge in [-0.1, -0.05) is 0 Å². The van der Waals surface area contributed by atoms with E-state index in [4.69, 9.17) is 9.79 Å². The predicted molar refractivity (Wildman–Crippen MR) is 54.4 cm³/mol. The monoisotopic (exact) mass is 237 g/mol. The Kier molecular flexibility index (Phi) is 5.72. The molecular formula is C8H16NO5P. The van der Waals surface area contributed by atoms with Gasteiger partial charge in [0.15, 0.2) is 5.78 Å². The minimum atomic E-state index is -4.01. The molecule has 1 amide bonds. The van der Waals surface area contributed by atoms with Crippen LogP contribution in [0.15, 0.2) is 0 Å². The highest BCUT2D eigenvalue weighted by Crippen LogP contribution is 2.35. The Morgan fingerprint density at radius 3 is 2.20 bits per heavy atom. The number of Topliss-reactive ketones (excluding diaryl/α,β-unsaturated/α-hetero) is 1. The molecule has 0 bridgehead atoms. The van der Waals surface area contributed by atoms with Crippen LogP contribution in [0, 0.1) is 0 Å². The first-order valence-corrected chi connectivity index (χ1v) is 6.34. The Balaban J connectivity index is 4.03. The molecule has 6 nitrogen and oxygen atoms in total. The quantitative estimate of drug-likeness (QED) is 0.566. The average molecular weight is 237 g/mol.